The van der Waals surface area contributed by atoms with Gasteiger partial charge in [-0.25, -0.2) is 0 Å². The van der Waals surface area contributed by atoms with E-state index in [1.165, 1.54) is 0 Å². The number of nitrogens with zero attached hydrogens (tertiary/aromatic N) is 3. The van der Waals surface area contributed by atoms with Gasteiger partial charge in [0.15, 0.2) is 0 Å². The lowest BCUT2D eigenvalue weighted by Gasteiger charge is -2.35. The van der Waals surface area contributed by atoms with Gasteiger partial charge in [-0.3, -0.25) is 14.4 Å². The Kier molecular flexibility index (Phi) is 4.24. The smallest absolute Gasteiger partial charge is 0.320 e. The Morgan fingerprint density at radius 3 is 2.95 bits per heavy atom. The Morgan fingerprint density at radius 1 is 1.58 bits per heavy atom. The minimum absolute atomic E-state index is 0.357. The fraction of sp³-hybridized carbons (Fsp3) is 0.714. The van der Waals surface area contributed by atoms with Crippen molar-refractivity contribution in [3.63, 3.8) is 0 Å². The molecule has 0 aliphatic carbocycles. The van der Waals surface area contributed by atoms with E-state index in [4.69, 9.17) is 0 Å². The predicted molar refractivity (Wildman–Crippen MR) is 72.9 cm³/mol. The average Bonchev–Trinajstić information content (AvgIpc) is 2.71. The van der Waals surface area contributed by atoms with Gasteiger partial charge in [-0.2, -0.15) is 5.10 Å². The van der Waals surface area contributed by atoms with Crippen molar-refractivity contribution in [2.45, 2.75) is 52.7 Å². The summed E-state index contributed by atoms with van der Waals surface area (Å²) in [6.45, 7) is 8.52. The number of likely N-dealkylation sites (tertiary alicyclic amines) is 1. The van der Waals surface area contributed by atoms with Gasteiger partial charge in [0.1, 0.15) is 6.04 Å². The van der Waals surface area contributed by atoms with Crippen LogP contribution < -0.4 is 0 Å². The van der Waals surface area contributed by atoms with Crippen molar-refractivity contribution >= 4 is 5.97 Å². The Hall–Kier alpha value is -1.36. The van der Waals surface area contributed by atoms with Gasteiger partial charge < -0.3 is 5.11 Å². The van der Waals surface area contributed by atoms with Crippen LogP contribution in [0.25, 0.3) is 0 Å². The molecule has 1 fully saturated rings. The lowest BCUT2D eigenvalue weighted by atomic mass is 9.92. The second-order valence-corrected chi connectivity index (χ2v) is 5.55. The first kappa shape index (κ1) is 14.1. The SMILES string of the molecule is CCn1nc(C)cc1CN1CCC(C)CC1C(=O)O. The summed E-state index contributed by atoms with van der Waals surface area (Å²) >= 11 is 0. The van der Waals surface area contributed by atoms with E-state index in [0.717, 1.165) is 37.3 Å². The standard InChI is InChI=1S/C14H23N3O2/c1-4-17-12(8-11(3)15-17)9-16-6-5-10(2)7-13(16)14(18)19/h8,10,13H,4-7,9H2,1-3H3,(H,18,19). The van der Waals surface area contributed by atoms with Crippen LogP contribution in [0.2, 0.25) is 0 Å². The van der Waals surface area contributed by atoms with Gasteiger partial charge in [-0.05, 0) is 45.2 Å². The molecular weight excluding hydrogens is 242 g/mol. The van der Waals surface area contributed by atoms with E-state index in [1.54, 1.807) is 0 Å². The fourth-order valence-electron chi connectivity index (χ4n) is 2.84. The van der Waals surface area contributed by atoms with Gasteiger partial charge in [0.2, 0.25) is 0 Å². The number of carbonyl (C=O) groups is 1. The topological polar surface area (TPSA) is 58.4 Å². The average molecular weight is 265 g/mol. The molecule has 0 radical (unpaired) electrons. The van der Waals surface area contributed by atoms with Gasteiger partial charge in [-0.15, -0.1) is 0 Å². The maximum atomic E-state index is 11.4. The highest BCUT2D eigenvalue weighted by atomic mass is 16.4. The number of rotatable bonds is 4. The van der Waals surface area contributed by atoms with Crippen LogP contribution in [-0.2, 0) is 17.9 Å². The first-order valence-electron chi connectivity index (χ1n) is 7.01. The summed E-state index contributed by atoms with van der Waals surface area (Å²) in [5, 5.41) is 13.8. The number of aliphatic carboxylic acids is 1. The summed E-state index contributed by atoms with van der Waals surface area (Å²) in [5.74, 6) is -0.207. The molecule has 0 aromatic carbocycles. The zero-order valence-electron chi connectivity index (χ0n) is 12.0. The molecule has 106 valence electrons. The van der Waals surface area contributed by atoms with Crippen molar-refractivity contribution in [3.8, 4) is 0 Å². The monoisotopic (exact) mass is 265 g/mol. The van der Waals surface area contributed by atoms with Crippen LogP contribution in [0.3, 0.4) is 0 Å². The van der Waals surface area contributed by atoms with Crippen LogP contribution in [0, 0.1) is 12.8 Å². The highest BCUT2D eigenvalue weighted by Crippen LogP contribution is 2.24. The number of carboxylic acids is 1. The first-order valence-corrected chi connectivity index (χ1v) is 7.01. The van der Waals surface area contributed by atoms with Crippen molar-refractivity contribution < 1.29 is 9.90 Å². The predicted octanol–water partition coefficient (Wildman–Crippen LogP) is 1.90. The van der Waals surface area contributed by atoms with Gasteiger partial charge in [0.05, 0.1) is 11.4 Å². The lowest BCUT2D eigenvalue weighted by molar-refractivity contribution is -0.145. The number of aromatic nitrogens is 2. The quantitative estimate of drug-likeness (QED) is 0.903. The Balaban J connectivity index is 2.13. The van der Waals surface area contributed by atoms with Gasteiger partial charge in [-0.1, -0.05) is 6.92 Å². The van der Waals surface area contributed by atoms with E-state index in [9.17, 15) is 9.90 Å². The fourth-order valence-corrected chi connectivity index (χ4v) is 2.84. The third kappa shape index (κ3) is 3.15. The molecule has 1 saturated heterocycles. The molecule has 0 saturated carbocycles. The summed E-state index contributed by atoms with van der Waals surface area (Å²) in [6.07, 6.45) is 1.82. The first-order chi connectivity index (χ1) is 9.01. The van der Waals surface area contributed by atoms with Gasteiger partial charge >= 0.3 is 5.97 Å². The Bertz CT molecular complexity index is 456. The van der Waals surface area contributed by atoms with Crippen LogP contribution in [0.5, 0.6) is 0 Å². The molecule has 2 atom stereocenters. The molecule has 2 heterocycles. The normalized spacial score (nSPS) is 24.6. The molecule has 0 spiro atoms. The second-order valence-electron chi connectivity index (χ2n) is 5.55. The molecule has 2 rings (SSSR count). The molecule has 1 aliphatic heterocycles. The molecule has 5 heteroatoms. The molecule has 1 N–H and O–H groups in total. The zero-order valence-corrected chi connectivity index (χ0v) is 12.0. The molecule has 1 aromatic heterocycles. The van der Waals surface area contributed by atoms with Crippen LogP contribution in [0.1, 0.15) is 38.1 Å². The zero-order chi connectivity index (χ0) is 14.0. The Labute approximate surface area is 114 Å². The lowest BCUT2D eigenvalue weighted by Crippen LogP contribution is -2.46. The summed E-state index contributed by atoms with van der Waals surface area (Å²) < 4.78 is 1.96. The van der Waals surface area contributed by atoms with E-state index in [1.807, 2.05) is 11.6 Å². The van der Waals surface area contributed by atoms with E-state index in [0.29, 0.717) is 12.5 Å². The second kappa shape index (κ2) is 5.74. The molecule has 1 aliphatic rings. The van der Waals surface area contributed by atoms with Crippen molar-refractivity contribution in [2.75, 3.05) is 6.54 Å². The van der Waals surface area contributed by atoms with E-state index >= 15 is 0 Å². The van der Waals surface area contributed by atoms with Crippen molar-refractivity contribution in [1.82, 2.24) is 14.7 Å². The van der Waals surface area contributed by atoms with Crippen molar-refractivity contribution in [3.05, 3.63) is 17.5 Å². The van der Waals surface area contributed by atoms with Crippen molar-refractivity contribution in [1.29, 1.82) is 0 Å². The largest absolute Gasteiger partial charge is 0.480 e. The van der Waals surface area contributed by atoms with Crippen molar-refractivity contribution in [2.24, 2.45) is 5.92 Å². The minimum atomic E-state index is -0.703. The highest BCUT2D eigenvalue weighted by molar-refractivity contribution is 5.73. The maximum absolute atomic E-state index is 11.4. The summed E-state index contributed by atoms with van der Waals surface area (Å²) in [5.41, 5.74) is 2.11. The van der Waals surface area contributed by atoms with Crippen LogP contribution in [-0.4, -0.2) is 38.3 Å². The number of hydrogen-bond acceptors (Lipinski definition) is 3. The molecule has 5 nitrogen and oxygen atoms in total. The van der Waals surface area contributed by atoms with Crippen LogP contribution in [0.15, 0.2) is 6.07 Å². The van der Waals surface area contributed by atoms with E-state index < -0.39 is 5.97 Å². The third-order valence-electron chi connectivity index (χ3n) is 3.91. The molecule has 1 aromatic rings. The minimum Gasteiger partial charge on any atom is -0.480 e. The number of carboxylic acid groups (broad SMARTS) is 1. The number of hydrogen-bond donors (Lipinski definition) is 1. The van der Waals surface area contributed by atoms with Gasteiger partial charge in [0, 0.05) is 13.1 Å². The highest BCUT2D eigenvalue weighted by Gasteiger charge is 2.32. The van der Waals surface area contributed by atoms with Crippen LogP contribution >= 0.6 is 0 Å². The summed E-state index contributed by atoms with van der Waals surface area (Å²) in [4.78, 5) is 13.5. The Morgan fingerprint density at radius 2 is 2.32 bits per heavy atom. The van der Waals surface area contributed by atoms with E-state index in [2.05, 4.69) is 29.9 Å². The third-order valence-corrected chi connectivity index (χ3v) is 3.91. The summed E-state index contributed by atoms with van der Waals surface area (Å²) in [6, 6.07) is 1.70. The number of aryl methyl sites for hydroxylation is 2. The summed E-state index contributed by atoms with van der Waals surface area (Å²) in [7, 11) is 0. The van der Waals surface area contributed by atoms with E-state index in [-0.39, 0.29) is 6.04 Å². The molecule has 19 heavy (non-hydrogen) atoms. The van der Waals surface area contributed by atoms with Crippen LogP contribution in [0.4, 0.5) is 0 Å². The maximum Gasteiger partial charge on any atom is 0.320 e. The molecular formula is C14H23N3O2. The number of piperidine rings is 1. The molecule has 0 bridgehead atoms. The molecule has 0 amide bonds. The van der Waals surface area contributed by atoms with Gasteiger partial charge in [0.25, 0.3) is 0 Å². The molecule has 2 unspecified atom stereocenters.